The highest BCUT2D eigenvalue weighted by molar-refractivity contribution is 5.92. The normalized spacial score (nSPS) is 11.2. The quantitative estimate of drug-likeness (QED) is 0.466. The van der Waals surface area contributed by atoms with Crippen molar-refractivity contribution in [2.24, 2.45) is 0 Å². The van der Waals surface area contributed by atoms with Crippen LogP contribution in [0.15, 0.2) is 67.1 Å². The molecule has 2 heterocycles. The molecular weight excluding hydrogens is 376 g/mol. The highest BCUT2D eigenvalue weighted by atomic mass is 16.5. The van der Waals surface area contributed by atoms with E-state index in [4.69, 9.17) is 9.84 Å². The second-order valence-corrected chi connectivity index (χ2v) is 6.93. The maximum Gasteiger partial charge on any atom is 0.145 e. The van der Waals surface area contributed by atoms with Crippen LogP contribution in [0.25, 0.3) is 17.0 Å². The van der Waals surface area contributed by atoms with Crippen molar-refractivity contribution >= 4 is 28.5 Å². The van der Waals surface area contributed by atoms with Crippen LogP contribution in [-0.2, 0) is 0 Å². The van der Waals surface area contributed by atoms with Crippen LogP contribution in [0.4, 0.5) is 11.5 Å². The van der Waals surface area contributed by atoms with Crippen molar-refractivity contribution in [1.82, 2.24) is 15.0 Å². The number of pyridine rings is 1. The molecule has 30 heavy (non-hydrogen) atoms. The molecule has 0 saturated carbocycles. The first-order valence-corrected chi connectivity index (χ1v) is 9.63. The summed E-state index contributed by atoms with van der Waals surface area (Å²) in [6.07, 6.45) is 6.83. The van der Waals surface area contributed by atoms with Gasteiger partial charge < -0.3 is 15.2 Å². The maximum absolute atomic E-state index is 9.01. The second kappa shape index (κ2) is 8.71. The molecule has 0 amide bonds. The molecule has 6 heteroatoms. The highest BCUT2D eigenvalue weighted by Gasteiger charge is 2.08. The molecule has 0 bridgehead atoms. The minimum absolute atomic E-state index is 0.000775. The standard InChI is InChI=1S/C24H22N4O2/c1-16-12-19(7-10-23(16)30-20-8-5-17(2)25-14-20)28-24-21-13-18(4-3-11-29)6-9-22(21)26-15-27-24/h3-10,12-15,29H,11H2,1-2H3,(H,26,27,28)/b4-3+. The number of hydrogen-bond acceptors (Lipinski definition) is 6. The third-order valence-corrected chi connectivity index (χ3v) is 4.62. The van der Waals surface area contributed by atoms with Gasteiger partial charge in [0.2, 0.25) is 0 Å². The van der Waals surface area contributed by atoms with Crippen molar-refractivity contribution in [3.63, 3.8) is 0 Å². The van der Waals surface area contributed by atoms with E-state index in [9.17, 15) is 0 Å². The first-order valence-electron chi connectivity index (χ1n) is 9.63. The number of hydrogen-bond donors (Lipinski definition) is 2. The SMILES string of the molecule is Cc1ccc(Oc2ccc(Nc3ncnc4ccc(/C=C/CO)cc34)cc2C)cn1. The van der Waals surface area contributed by atoms with Gasteiger partial charge in [-0.15, -0.1) is 0 Å². The van der Waals surface area contributed by atoms with Gasteiger partial charge in [0.15, 0.2) is 0 Å². The van der Waals surface area contributed by atoms with Crippen LogP contribution < -0.4 is 10.1 Å². The van der Waals surface area contributed by atoms with Crippen molar-refractivity contribution in [2.75, 3.05) is 11.9 Å². The summed E-state index contributed by atoms with van der Waals surface area (Å²) < 4.78 is 5.95. The minimum Gasteiger partial charge on any atom is -0.455 e. The Morgan fingerprint density at radius 3 is 2.67 bits per heavy atom. The van der Waals surface area contributed by atoms with Crippen LogP contribution >= 0.6 is 0 Å². The van der Waals surface area contributed by atoms with Crippen LogP contribution in [0, 0.1) is 13.8 Å². The Balaban J connectivity index is 1.59. The van der Waals surface area contributed by atoms with E-state index in [0.717, 1.165) is 45.0 Å². The number of aliphatic hydroxyl groups is 1. The summed E-state index contributed by atoms with van der Waals surface area (Å²) >= 11 is 0. The van der Waals surface area contributed by atoms with Gasteiger partial charge in [0, 0.05) is 16.8 Å². The first-order chi connectivity index (χ1) is 14.6. The summed E-state index contributed by atoms with van der Waals surface area (Å²) in [5.41, 5.74) is 4.66. The van der Waals surface area contributed by atoms with Gasteiger partial charge in [0.1, 0.15) is 23.6 Å². The molecule has 0 saturated heterocycles. The van der Waals surface area contributed by atoms with E-state index in [1.165, 1.54) is 0 Å². The summed E-state index contributed by atoms with van der Waals surface area (Å²) in [5, 5.41) is 13.3. The van der Waals surface area contributed by atoms with E-state index in [1.807, 2.05) is 68.5 Å². The average molecular weight is 398 g/mol. The maximum atomic E-state index is 9.01. The summed E-state index contributed by atoms with van der Waals surface area (Å²) in [6, 6.07) is 15.6. The Hall–Kier alpha value is -3.77. The van der Waals surface area contributed by atoms with E-state index in [-0.39, 0.29) is 6.61 Å². The largest absolute Gasteiger partial charge is 0.455 e. The monoisotopic (exact) mass is 398 g/mol. The number of anilines is 2. The summed E-state index contributed by atoms with van der Waals surface area (Å²) in [4.78, 5) is 13.0. The van der Waals surface area contributed by atoms with E-state index < -0.39 is 0 Å². The Labute approximate surface area is 174 Å². The molecule has 0 fully saturated rings. The lowest BCUT2D eigenvalue weighted by Gasteiger charge is -2.12. The number of ether oxygens (including phenoxy) is 1. The number of aryl methyl sites for hydroxylation is 2. The summed E-state index contributed by atoms with van der Waals surface area (Å²) in [7, 11) is 0. The van der Waals surface area contributed by atoms with Crippen LogP contribution in [0.3, 0.4) is 0 Å². The Morgan fingerprint density at radius 1 is 1.00 bits per heavy atom. The van der Waals surface area contributed by atoms with Gasteiger partial charge in [0.05, 0.1) is 18.3 Å². The van der Waals surface area contributed by atoms with Gasteiger partial charge in [-0.05, 0) is 67.4 Å². The predicted octanol–water partition coefficient (Wildman–Crippen LogP) is 5.18. The van der Waals surface area contributed by atoms with E-state index in [1.54, 1.807) is 18.6 Å². The minimum atomic E-state index is 0.000775. The zero-order chi connectivity index (χ0) is 20.9. The van der Waals surface area contributed by atoms with Crippen LogP contribution in [0.1, 0.15) is 16.8 Å². The van der Waals surface area contributed by atoms with Gasteiger partial charge >= 0.3 is 0 Å². The molecule has 6 nitrogen and oxygen atoms in total. The Kier molecular flexibility index (Phi) is 5.68. The molecule has 2 aromatic carbocycles. The predicted molar refractivity (Wildman–Crippen MR) is 119 cm³/mol. The van der Waals surface area contributed by atoms with Crippen molar-refractivity contribution in [3.8, 4) is 11.5 Å². The Morgan fingerprint density at radius 2 is 1.90 bits per heavy atom. The summed E-state index contributed by atoms with van der Waals surface area (Å²) in [5.74, 6) is 2.19. The highest BCUT2D eigenvalue weighted by Crippen LogP contribution is 2.30. The molecule has 0 aliphatic rings. The van der Waals surface area contributed by atoms with Gasteiger partial charge in [-0.1, -0.05) is 18.2 Å². The fourth-order valence-electron chi connectivity index (χ4n) is 3.09. The lowest BCUT2D eigenvalue weighted by atomic mass is 10.1. The smallest absolute Gasteiger partial charge is 0.145 e. The fraction of sp³-hybridized carbons (Fsp3) is 0.125. The zero-order valence-corrected chi connectivity index (χ0v) is 16.8. The molecule has 2 aromatic heterocycles. The molecule has 0 aliphatic heterocycles. The van der Waals surface area contributed by atoms with Gasteiger partial charge in [0.25, 0.3) is 0 Å². The number of nitrogens with one attached hydrogen (secondary N) is 1. The van der Waals surface area contributed by atoms with Crippen LogP contribution in [0.2, 0.25) is 0 Å². The lowest BCUT2D eigenvalue weighted by molar-refractivity contribution is 0.343. The molecule has 150 valence electrons. The van der Waals surface area contributed by atoms with Crippen molar-refractivity contribution in [2.45, 2.75) is 13.8 Å². The van der Waals surface area contributed by atoms with Gasteiger partial charge in [-0.2, -0.15) is 0 Å². The molecule has 0 atom stereocenters. The first kappa shape index (κ1) is 19.5. The Bertz CT molecular complexity index is 1200. The van der Waals surface area contributed by atoms with E-state index in [0.29, 0.717) is 5.75 Å². The molecule has 0 aliphatic carbocycles. The second-order valence-electron chi connectivity index (χ2n) is 6.93. The molecular formula is C24H22N4O2. The average Bonchev–Trinajstić information content (AvgIpc) is 2.76. The third kappa shape index (κ3) is 4.45. The number of fused-ring (bicyclic) bond motifs is 1. The topological polar surface area (TPSA) is 80.2 Å². The van der Waals surface area contributed by atoms with Crippen molar-refractivity contribution in [1.29, 1.82) is 0 Å². The van der Waals surface area contributed by atoms with E-state index >= 15 is 0 Å². The van der Waals surface area contributed by atoms with E-state index in [2.05, 4.69) is 20.3 Å². The number of aliphatic hydroxyl groups excluding tert-OH is 1. The molecule has 0 radical (unpaired) electrons. The van der Waals surface area contributed by atoms with Crippen molar-refractivity contribution < 1.29 is 9.84 Å². The van der Waals surface area contributed by atoms with Crippen LogP contribution in [-0.4, -0.2) is 26.7 Å². The molecule has 4 aromatic rings. The molecule has 2 N–H and O–H groups in total. The molecule has 4 rings (SSSR count). The number of benzene rings is 2. The summed E-state index contributed by atoms with van der Waals surface area (Å²) in [6.45, 7) is 3.94. The van der Waals surface area contributed by atoms with Crippen LogP contribution in [0.5, 0.6) is 11.5 Å². The number of nitrogens with zero attached hydrogens (tertiary/aromatic N) is 3. The number of rotatable bonds is 6. The fourth-order valence-corrected chi connectivity index (χ4v) is 3.09. The molecule has 0 unspecified atom stereocenters. The zero-order valence-electron chi connectivity index (χ0n) is 16.8. The van der Waals surface area contributed by atoms with Gasteiger partial charge in [-0.3, -0.25) is 4.98 Å². The van der Waals surface area contributed by atoms with Crippen molar-refractivity contribution in [3.05, 3.63) is 84.0 Å². The lowest BCUT2D eigenvalue weighted by Crippen LogP contribution is -1.97. The third-order valence-electron chi connectivity index (χ3n) is 4.62. The van der Waals surface area contributed by atoms with Gasteiger partial charge in [-0.25, -0.2) is 9.97 Å². The number of aromatic nitrogens is 3. The molecule has 0 spiro atoms.